The predicted molar refractivity (Wildman–Crippen MR) is 61.8 cm³/mol. The number of nitrogens with zero attached hydrogens (tertiary/aromatic N) is 1. The second-order valence-corrected chi connectivity index (χ2v) is 3.65. The molecule has 1 rings (SSSR count). The van der Waals surface area contributed by atoms with E-state index in [2.05, 4.69) is 11.6 Å². The number of hydrogen-bond acceptors (Lipinski definition) is 2. The van der Waals surface area contributed by atoms with E-state index in [1.54, 1.807) is 0 Å². The van der Waals surface area contributed by atoms with Crippen LogP contribution in [0.1, 0.15) is 42.6 Å². The second-order valence-electron chi connectivity index (χ2n) is 3.65. The second kappa shape index (κ2) is 6.88. The first-order chi connectivity index (χ1) is 7.75. The van der Waals surface area contributed by atoms with E-state index in [1.165, 1.54) is 18.3 Å². The van der Waals surface area contributed by atoms with Gasteiger partial charge in [0.1, 0.15) is 5.69 Å². The lowest BCUT2D eigenvalue weighted by molar-refractivity contribution is 0.0970. The maximum Gasteiger partial charge on any atom is 0.184 e. The molecule has 0 radical (unpaired) electrons. The number of halogens is 1. The Kier molecular flexibility index (Phi) is 5.40. The van der Waals surface area contributed by atoms with E-state index in [0.717, 1.165) is 25.7 Å². The third-order valence-electron chi connectivity index (χ3n) is 2.33. The van der Waals surface area contributed by atoms with E-state index in [0.29, 0.717) is 6.42 Å². The number of Topliss-reactive ketones (excluding diaryl/α,β-unsaturated/α-hetero) is 1. The predicted octanol–water partition coefficient (Wildman–Crippen LogP) is 3.54. The molecule has 0 aliphatic carbocycles. The van der Waals surface area contributed by atoms with E-state index >= 15 is 0 Å². The Hall–Kier alpha value is -1.51. The summed E-state index contributed by atoms with van der Waals surface area (Å²) in [6.45, 7) is 3.63. The molecule has 1 aromatic heterocycles. The van der Waals surface area contributed by atoms with Crippen LogP contribution in [0.25, 0.3) is 0 Å². The summed E-state index contributed by atoms with van der Waals surface area (Å²) in [6.07, 6.45) is 7.40. The lowest BCUT2D eigenvalue weighted by atomic mass is 10.1. The SMILES string of the molecule is C=CCCCCCC(=O)c1ncccc1F. The average Bonchev–Trinajstić information content (AvgIpc) is 2.29. The van der Waals surface area contributed by atoms with Gasteiger partial charge in [0.05, 0.1) is 0 Å². The quantitative estimate of drug-likeness (QED) is 0.400. The van der Waals surface area contributed by atoms with Gasteiger partial charge < -0.3 is 0 Å². The minimum atomic E-state index is -0.529. The van der Waals surface area contributed by atoms with Crippen LogP contribution in [0.15, 0.2) is 31.0 Å². The third kappa shape index (κ3) is 3.93. The first kappa shape index (κ1) is 12.6. The smallest absolute Gasteiger partial charge is 0.184 e. The minimum absolute atomic E-state index is 0.0359. The molecule has 1 aromatic rings. The number of ketones is 1. The van der Waals surface area contributed by atoms with Crippen LogP contribution >= 0.6 is 0 Å². The zero-order valence-electron chi connectivity index (χ0n) is 9.29. The molecule has 0 unspecified atom stereocenters. The van der Waals surface area contributed by atoms with Crippen LogP contribution in [0.5, 0.6) is 0 Å². The van der Waals surface area contributed by atoms with Crippen LogP contribution in [0, 0.1) is 5.82 Å². The van der Waals surface area contributed by atoms with Gasteiger partial charge >= 0.3 is 0 Å². The van der Waals surface area contributed by atoms with Crippen LogP contribution in [-0.4, -0.2) is 10.8 Å². The normalized spacial score (nSPS) is 10.1. The van der Waals surface area contributed by atoms with Gasteiger partial charge in [-0.05, 0) is 31.4 Å². The van der Waals surface area contributed by atoms with E-state index < -0.39 is 5.82 Å². The molecule has 0 saturated heterocycles. The Morgan fingerprint density at radius 3 is 2.94 bits per heavy atom. The Bertz CT molecular complexity index is 363. The van der Waals surface area contributed by atoms with Crippen LogP contribution in [0.3, 0.4) is 0 Å². The summed E-state index contributed by atoms with van der Waals surface area (Å²) in [7, 11) is 0. The Labute approximate surface area is 95.2 Å². The Morgan fingerprint density at radius 1 is 1.44 bits per heavy atom. The summed E-state index contributed by atoms with van der Waals surface area (Å²) in [5.41, 5.74) is -0.0359. The highest BCUT2D eigenvalue weighted by atomic mass is 19.1. The highest BCUT2D eigenvalue weighted by molar-refractivity contribution is 5.94. The molecule has 0 saturated carbocycles. The highest BCUT2D eigenvalue weighted by Crippen LogP contribution is 2.10. The highest BCUT2D eigenvalue weighted by Gasteiger charge is 2.11. The van der Waals surface area contributed by atoms with Crippen molar-refractivity contribution in [2.75, 3.05) is 0 Å². The van der Waals surface area contributed by atoms with Gasteiger partial charge in [-0.15, -0.1) is 6.58 Å². The fourth-order valence-electron chi connectivity index (χ4n) is 1.46. The van der Waals surface area contributed by atoms with Gasteiger partial charge in [-0.3, -0.25) is 9.78 Å². The third-order valence-corrected chi connectivity index (χ3v) is 2.33. The number of allylic oxidation sites excluding steroid dienone is 1. The zero-order valence-corrected chi connectivity index (χ0v) is 9.29. The molecule has 0 N–H and O–H groups in total. The van der Waals surface area contributed by atoms with Crippen molar-refractivity contribution in [1.29, 1.82) is 0 Å². The molecule has 0 spiro atoms. The van der Waals surface area contributed by atoms with Crippen molar-refractivity contribution >= 4 is 5.78 Å². The fraction of sp³-hybridized carbons (Fsp3) is 0.385. The van der Waals surface area contributed by atoms with Gasteiger partial charge in [0.2, 0.25) is 0 Å². The molecule has 0 fully saturated rings. The van der Waals surface area contributed by atoms with Gasteiger partial charge in [0.25, 0.3) is 0 Å². The molecule has 86 valence electrons. The maximum atomic E-state index is 13.2. The average molecular weight is 221 g/mol. The lowest BCUT2D eigenvalue weighted by Gasteiger charge is -2.01. The molecule has 1 heterocycles. The summed E-state index contributed by atoms with van der Waals surface area (Å²) < 4.78 is 13.2. The Morgan fingerprint density at radius 2 is 2.25 bits per heavy atom. The summed E-state index contributed by atoms with van der Waals surface area (Å²) in [5.74, 6) is -0.740. The van der Waals surface area contributed by atoms with Crippen molar-refractivity contribution in [3.05, 3.63) is 42.5 Å². The van der Waals surface area contributed by atoms with Crippen molar-refractivity contribution in [3.63, 3.8) is 0 Å². The van der Waals surface area contributed by atoms with Gasteiger partial charge in [-0.1, -0.05) is 12.5 Å². The van der Waals surface area contributed by atoms with Crippen molar-refractivity contribution in [3.8, 4) is 0 Å². The molecule has 0 atom stereocenters. The van der Waals surface area contributed by atoms with Gasteiger partial charge in [0.15, 0.2) is 11.6 Å². The van der Waals surface area contributed by atoms with E-state index in [4.69, 9.17) is 0 Å². The first-order valence-corrected chi connectivity index (χ1v) is 5.50. The van der Waals surface area contributed by atoms with Crippen LogP contribution in [-0.2, 0) is 0 Å². The number of aromatic nitrogens is 1. The molecule has 2 nitrogen and oxygen atoms in total. The standard InChI is InChI=1S/C13H16FNO/c1-2-3-4-5-6-9-12(16)13-11(14)8-7-10-15-13/h2,7-8,10H,1,3-6,9H2. The van der Waals surface area contributed by atoms with Crippen molar-refractivity contribution < 1.29 is 9.18 Å². The minimum Gasteiger partial charge on any atom is -0.292 e. The largest absolute Gasteiger partial charge is 0.292 e. The molecule has 0 bridgehead atoms. The number of rotatable bonds is 7. The van der Waals surface area contributed by atoms with Crippen LogP contribution in [0.2, 0.25) is 0 Å². The summed E-state index contributed by atoms with van der Waals surface area (Å²) in [4.78, 5) is 15.3. The maximum absolute atomic E-state index is 13.2. The van der Waals surface area contributed by atoms with E-state index in [1.807, 2.05) is 6.08 Å². The molecule has 16 heavy (non-hydrogen) atoms. The summed E-state index contributed by atoms with van der Waals surface area (Å²) in [6, 6.07) is 2.74. The number of carbonyl (C=O) groups is 1. The molecular formula is C13H16FNO. The molecule has 0 aromatic carbocycles. The van der Waals surface area contributed by atoms with Crippen molar-refractivity contribution in [2.24, 2.45) is 0 Å². The fourth-order valence-corrected chi connectivity index (χ4v) is 1.46. The summed E-state index contributed by atoms with van der Waals surface area (Å²) in [5, 5.41) is 0. The topological polar surface area (TPSA) is 30.0 Å². The van der Waals surface area contributed by atoms with Gasteiger partial charge in [0, 0.05) is 12.6 Å². The molecule has 0 aliphatic rings. The number of unbranched alkanes of at least 4 members (excludes halogenated alkanes) is 3. The van der Waals surface area contributed by atoms with Gasteiger partial charge in [-0.2, -0.15) is 0 Å². The van der Waals surface area contributed by atoms with Crippen molar-refractivity contribution in [2.45, 2.75) is 32.1 Å². The summed E-state index contributed by atoms with van der Waals surface area (Å²) >= 11 is 0. The molecular weight excluding hydrogens is 205 g/mol. The van der Waals surface area contributed by atoms with E-state index in [-0.39, 0.29) is 11.5 Å². The molecule has 0 amide bonds. The first-order valence-electron chi connectivity index (χ1n) is 5.50. The van der Waals surface area contributed by atoms with Gasteiger partial charge in [-0.25, -0.2) is 4.39 Å². The zero-order chi connectivity index (χ0) is 11.8. The molecule has 3 heteroatoms. The van der Waals surface area contributed by atoms with Crippen LogP contribution < -0.4 is 0 Å². The monoisotopic (exact) mass is 221 g/mol. The van der Waals surface area contributed by atoms with Crippen molar-refractivity contribution in [1.82, 2.24) is 4.98 Å². The van der Waals surface area contributed by atoms with E-state index in [9.17, 15) is 9.18 Å². The van der Waals surface area contributed by atoms with Crippen LogP contribution in [0.4, 0.5) is 4.39 Å². The molecule has 0 aliphatic heterocycles. The number of carbonyl (C=O) groups excluding carboxylic acids is 1. The lowest BCUT2D eigenvalue weighted by Crippen LogP contribution is -2.04. The Balaban J connectivity index is 2.36. The number of hydrogen-bond donors (Lipinski definition) is 0. The number of pyridine rings is 1.